The highest BCUT2D eigenvalue weighted by Crippen LogP contribution is 2.27. The van der Waals surface area contributed by atoms with Crippen LogP contribution in [0.2, 0.25) is 5.02 Å². The highest BCUT2D eigenvalue weighted by molar-refractivity contribution is 6.30. The summed E-state index contributed by atoms with van der Waals surface area (Å²) < 4.78 is 0. The Kier molecular flexibility index (Phi) is 8.23. The van der Waals surface area contributed by atoms with Gasteiger partial charge in [0, 0.05) is 28.9 Å². The van der Waals surface area contributed by atoms with Gasteiger partial charge in [0.1, 0.15) is 0 Å². The van der Waals surface area contributed by atoms with Crippen LogP contribution in [0.5, 0.6) is 0 Å². The number of hydrogen-bond donors (Lipinski definition) is 2. The monoisotopic (exact) mass is 345 g/mol. The van der Waals surface area contributed by atoms with Gasteiger partial charge in [0.2, 0.25) is 0 Å². The Bertz CT molecular complexity index is 569. The quantitative estimate of drug-likeness (QED) is 0.629. The number of halogens is 1. The van der Waals surface area contributed by atoms with Crippen molar-refractivity contribution in [2.75, 3.05) is 13.1 Å². The molecule has 24 heavy (non-hydrogen) atoms. The van der Waals surface area contributed by atoms with Gasteiger partial charge in [-0.3, -0.25) is 4.98 Å². The van der Waals surface area contributed by atoms with E-state index in [1.54, 1.807) is 0 Å². The van der Waals surface area contributed by atoms with Crippen LogP contribution in [0.4, 0.5) is 0 Å². The van der Waals surface area contributed by atoms with Crippen molar-refractivity contribution in [3.63, 3.8) is 0 Å². The van der Waals surface area contributed by atoms with Crippen molar-refractivity contribution in [2.24, 2.45) is 5.73 Å². The molecule has 0 aliphatic rings. The summed E-state index contributed by atoms with van der Waals surface area (Å²) >= 11 is 6.02. The van der Waals surface area contributed by atoms with Crippen LogP contribution >= 0.6 is 11.6 Å². The van der Waals surface area contributed by atoms with Gasteiger partial charge < -0.3 is 11.1 Å². The van der Waals surface area contributed by atoms with Crippen LogP contribution in [0.1, 0.15) is 49.8 Å². The van der Waals surface area contributed by atoms with E-state index in [0.29, 0.717) is 12.0 Å². The second kappa shape index (κ2) is 10.4. The molecule has 3 nitrogen and oxygen atoms in total. The fourth-order valence-electron chi connectivity index (χ4n) is 2.85. The first kappa shape index (κ1) is 18.9. The number of pyridine rings is 1. The maximum atomic E-state index is 6.02. The van der Waals surface area contributed by atoms with Gasteiger partial charge in [0.15, 0.2) is 0 Å². The van der Waals surface area contributed by atoms with E-state index < -0.39 is 0 Å². The fraction of sp³-hybridized carbons (Fsp3) is 0.450. The Morgan fingerprint density at radius 3 is 2.50 bits per heavy atom. The third-order valence-corrected chi connectivity index (χ3v) is 4.44. The molecule has 0 bridgehead atoms. The summed E-state index contributed by atoms with van der Waals surface area (Å²) in [5, 5.41) is 4.32. The molecule has 4 heteroatoms. The number of hydrogen-bond acceptors (Lipinski definition) is 3. The van der Waals surface area contributed by atoms with Gasteiger partial charge in [-0.15, -0.1) is 0 Å². The van der Waals surface area contributed by atoms with E-state index in [1.165, 1.54) is 18.4 Å². The first-order valence-corrected chi connectivity index (χ1v) is 9.17. The standard InChI is InChI=1S/C20H28ClN3/c1-16(22)6-2-4-13-23-15-12-19(20-7-3-5-14-24-20)17-8-10-18(21)11-9-17/h3,5,7-11,14,16,19,23H,2,4,6,12-13,15,22H2,1H3. The lowest BCUT2D eigenvalue weighted by atomic mass is 9.92. The molecule has 1 aromatic carbocycles. The zero-order valence-corrected chi connectivity index (χ0v) is 15.2. The Morgan fingerprint density at radius 1 is 1.04 bits per heavy atom. The number of nitrogens with two attached hydrogens (primary N) is 1. The molecule has 0 aliphatic carbocycles. The minimum atomic E-state index is 0.292. The molecule has 0 radical (unpaired) electrons. The second-order valence-corrected chi connectivity index (χ2v) is 6.81. The molecular weight excluding hydrogens is 318 g/mol. The van der Waals surface area contributed by atoms with Gasteiger partial charge in [-0.25, -0.2) is 0 Å². The van der Waals surface area contributed by atoms with Crippen LogP contribution in [0.25, 0.3) is 0 Å². The number of aromatic nitrogens is 1. The van der Waals surface area contributed by atoms with Gasteiger partial charge >= 0.3 is 0 Å². The zero-order chi connectivity index (χ0) is 17.2. The van der Waals surface area contributed by atoms with Crippen LogP contribution in [0, 0.1) is 0 Å². The second-order valence-electron chi connectivity index (χ2n) is 6.37. The first-order chi connectivity index (χ1) is 11.7. The zero-order valence-electron chi connectivity index (χ0n) is 14.4. The van der Waals surface area contributed by atoms with Gasteiger partial charge in [-0.2, -0.15) is 0 Å². The van der Waals surface area contributed by atoms with Gasteiger partial charge in [0.25, 0.3) is 0 Å². The van der Waals surface area contributed by atoms with E-state index in [9.17, 15) is 0 Å². The number of nitrogens with one attached hydrogen (secondary N) is 1. The fourth-order valence-corrected chi connectivity index (χ4v) is 2.98. The molecule has 0 saturated carbocycles. The molecule has 0 spiro atoms. The van der Waals surface area contributed by atoms with Gasteiger partial charge in [-0.1, -0.05) is 36.2 Å². The van der Waals surface area contributed by atoms with Gasteiger partial charge in [-0.05, 0) is 69.1 Å². The summed E-state index contributed by atoms with van der Waals surface area (Å²) in [5.74, 6) is 0.292. The molecule has 3 N–H and O–H groups in total. The van der Waals surface area contributed by atoms with Crippen molar-refractivity contribution in [2.45, 2.75) is 44.6 Å². The van der Waals surface area contributed by atoms with E-state index in [0.717, 1.165) is 36.6 Å². The van der Waals surface area contributed by atoms with E-state index in [4.69, 9.17) is 17.3 Å². The molecule has 2 rings (SSSR count). The number of rotatable bonds is 10. The Morgan fingerprint density at radius 2 is 1.83 bits per heavy atom. The van der Waals surface area contributed by atoms with Crippen molar-refractivity contribution in [3.05, 3.63) is 64.9 Å². The molecule has 2 atom stereocenters. The van der Waals surface area contributed by atoms with Crippen LogP contribution in [-0.4, -0.2) is 24.1 Å². The highest BCUT2D eigenvalue weighted by atomic mass is 35.5. The summed E-state index contributed by atoms with van der Waals surface area (Å²) in [5.41, 5.74) is 8.15. The Balaban J connectivity index is 1.87. The maximum absolute atomic E-state index is 6.02. The smallest absolute Gasteiger partial charge is 0.0478 e. The largest absolute Gasteiger partial charge is 0.328 e. The lowest BCUT2D eigenvalue weighted by Gasteiger charge is -2.17. The van der Waals surface area contributed by atoms with E-state index in [-0.39, 0.29) is 0 Å². The SMILES string of the molecule is CC(N)CCCCNCCC(c1ccc(Cl)cc1)c1ccccn1. The Hall–Kier alpha value is -1.42. The molecule has 2 aromatic rings. The molecule has 2 unspecified atom stereocenters. The summed E-state index contributed by atoms with van der Waals surface area (Å²) in [6.45, 7) is 4.08. The van der Waals surface area contributed by atoms with E-state index >= 15 is 0 Å². The van der Waals surface area contributed by atoms with Crippen LogP contribution < -0.4 is 11.1 Å². The van der Waals surface area contributed by atoms with Crippen molar-refractivity contribution in [1.29, 1.82) is 0 Å². The van der Waals surface area contributed by atoms with Crippen molar-refractivity contribution < 1.29 is 0 Å². The van der Waals surface area contributed by atoms with Crippen molar-refractivity contribution in [3.8, 4) is 0 Å². The maximum Gasteiger partial charge on any atom is 0.0478 e. The third-order valence-electron chi connectivity index (χ3n) is 4.19. The number of nitrogens with zero attached hydrogens (tertiary/aromatic N) is 1. The summed E-state index contributed by atoms with van der Waals surface area (Å²) in [6.07, 6.45) is 6.34. The molecule has 0 amide bonds. The topological polar surface area (TPSA) is 50.9 Å². The lowest BCUT2D eigenvalue weighted by Crippen LogP contribution is -2.20. The molecule has 0 fully saturated rings. The molecule has 1 aromatic heterocycles. The minimum Gasteiger partial charge on any atom is -0.328 e. The summed E-state index contributed by atoms with van der Waals surface area (Å²) in [4.78, 5) is 4.55. The Labute approximate surface area is 150 Å². The average Bonchev–Trinajstić information content (AvgIpc) is 2.59. The molecule has 1 heterocycles. The summed E-state index contributed by atoms with van der Waals surface area (Å²) in [6, 6.07) is 14.5. The lowest BCUT2D eigenvalue weighted by molar-refractivity contribution is 0.546. The minimum absolute atomic E-state index is 0.292. The average molecular weight is 346 g/mol. The van der Waals surface area contributed by atoms with E-state index in [2.05, 4.69) is 35.4 Å². The normalized spacial score (nSPS) is 13.6. The van der Waals surface area contributed by atoms with Gasteiger partial charge in [0.05, 0.1) is 0 Å². The molecule has 0 saturated heterocycles. The van der Waals surface area contributed by atoms with Crippen LogP contribution in [0.15, 0.2) is 48.7 Å². The first-order valence-electron chi connectivity index (χ1n) is 8.79. The third kappa shape index (κ3) is 6.60. The number of unbranched alkanes of at least 4 members (excludes halogenated alkanes) is 1. The number of benzene rings is 1. The van der Waals surface area contributed by atoms with Crippen LogP contribution in [-0.2, 0) is 0 Å². The molecule has 0 aliphatic heterocycles. The van der Waals surface area contributed by atoms with Crippen LogP contribution in [0.3, 0.4) is 0 Å². The molecular formula is C20H28ClN3. The molecule has 130 valence electrons. The van der Waals surface area contributed by atoms with Crippen molar-refractivity contribution >= 4 is 11.6 Å². The summed E-state index contributed by atoms with van der Waals surface area (Å²) in [7, 11) is 0. The van der Waals surface area contributed by atoms with Crippen molar-refractivity contribution in [1.82, 2.24) is 10.3 Å². The predicted molar refractivity (Wildman–Crippen MR) is 103 cm³/mol. The predicted octanol–water partition coefficient (Wildman–Crippen LogP) is 4.36. The highest BCUT2D eigenvalue weighted by Gasteiger charge is 2.14. The van der Waals surface area contributed by atoms with E-state index in [1.807, 2.05) is 30.5 Å².